The first-order valence-corrected chi connectivity index (χ1v) is 5.24. The first-order chi connectivity index (χ1) is 7.24. The van der Waals surface area contributed by atoms with Gasteiger partial charge in [0.15, 0.2) is 0 Å². The average Bonchev–Trinajstić information content (AvgIpc) is 2.56. The van der Waals surface area contributed by atoms with Gasteiger partial charge in [0.1, 0.15) is 0 Å². The highest BCUT2D eigenvalue weighted by Gasteiger charge is 2.37. The minimum absolute atomic E-state index is 0.156. The van der Waals surface area contributed by atoms with E-state index in [0.717, 1.165) is 0 Å². The van der Waals surface area contributed by atoms with E-state index in [1.165, 1.54) is 5.56 Å². The summed E-state index contributed by atoms with van der Waals surface area (Å²) in [5.74, 6) is 0.448. The van der Waals surface area contributed by atoms with Crippen LogP contribution in [0.2, 0.25) is 0 Å². The van der Waals surface area contributed by atoms with Crippen LogP contribution in [0.1, 0.15) is 18.0 Å². The molecule has 1 aromatic carbocycles. The predicted molar refractivity (Wildman–Crippen MR) is 59.1 cm³/mol. The highest BCUT2D eigenvalue weighted by Crippen LogP contribution is 2.35. The third-order valence-electron chi connectivity index (χ3n) is 3.14. The normalized spacial score (nSPS) is 26.0. The van der Waals surface area contributed by atoms with E-state index in [2.05, 4.69) is 12.1 Å². The molecule has 0 aromatic heterocycles. The monoisotopic (exact) mass is 204 g/mol. The zero-order valence-corrected chi connectivity index (χ0v) is 8.89. The van der Waals surface area contributed by atoms with E-state index in [1.54, 1.807) is 0 Å². The van der Waals surface area contributed by atoms with E-state index in [-0.39, 0.29) is 17.9 Å². The van der Waals surface area contributed by atoms with Crippen LogP contribution in [0, 0.1) is 5.92 Å². The van der Waals surface area contributed by atoms with Gasteiger partial charge in [-0.25, -0.2) is 0 Å². The van der Waals surface area contributed by atoms with Gasteiger partial charge in [0.25, 0.3) is 0 Å². The van der Waals surface area contributed by atoms with Crippen LogP contribution < -0.4 is 5.73 Å². The Balaban J connectivity index is 2.30. The summed E-state index contributed by atoms with van der Waals surface area (Å²) in [6, 6.07) is 10.3. The third kappa shape index (κ3) is 1.75. The lowest BCUT2D eigenvalue weighted by Crippen LogP contribution is -2.26. The molecule has 1 aromatic rings. The quantitative estimate of drug-likeness (QED) is 0.786. The lowest BCUT2D eigenvalue weighted by Gasteiger charge is -2.24. The largest absolute Gasteiger partial charge is 0.338 e. The number of benzene rings is 1. The molecule has 2 atom stereocenters. The number of likely N-dealkylation sites (tertiary alicyclic amines) is 1. The van der Waals surface area contributed by atoms with Gasteiger partial charge in [-0.15, -0.1) is 0 Å². The Morgan fingerprint density at radius 3 is 2.67 bits per heavy atom. The molecule has 0 aliphatic carbocycles. The van der Waals surface area contributed by atoms with E-state index >= 15 is 0 Å². The molecule has 0 unspecified atom stereocenters. The number of hydrogen-bond donors (Lipinski definition) is 1. The molecule has 0 radical (unpaired) electrons. The standard InChI is InChI=1S/C12H16N2O/c1-14-11(15)7-10(8-13)12(14)9-5-3-2-4-6-9/h2-6,10,12H,7-8,13H2,1H3/t10-,12+/m1/s1. The summed E-state index contributed by atoms with van der Waals surface area (Å²) < 4.78 is 0. The first kappa shape index (κ1) is 10.2. The van der Waals surface area contributed by atoms with Crippen LogP contribution in [0.3, 0.4) is 0 Å². The van der Waals surface area contributed by atoms with Crippen molar-refractivity contribution in [3.8, 4) is 0 Å². The van der Waals surface area contributed by atoms with Crippen molar-refractivity contribution in [2.75, 3.05) is 13.6 Å². The molecular formula is C12H16N2O. The molecule has 0 bridgehead atoms. The Labute approximate surface area is 89.9 Å². The fourth-order valence-electron chi connectivity index (χ4n) is 2.31. The number of nitrogens with zero attached hydrogens (tertiary/aromatic N) is 1. The number of rotatable bonds is 2. The molecule has 0 saturated carbocycles. The smallest absolute Gasteiger partial charge is 0.223 e. The second-order valence-corrected chi connectivity index (χ2v) is 4.06. The number of carbonyl (C=O) groups is 1. The van der Waals surface area contributed by atoms with Crippen LogP contribution in [-0.4, -0.2) is 24.4 Å². The molecule has 3 nitrogen and oxygen atoms in total. The van der Waals surface area contributed by atoms with E-state index < -0.39 is 0 Å². The number of carbonyl (C=O) groups excluding carboxylic acids is 1. The van der Waals surface area contributed by atoms with Crippen molar-refractivity contribution in [3.63, 3.8) is 0 Å². The van der Waals surface area contributed by atoms with Crippen molar-refractivity contribution >= 4 is 5.91 Å². The molecule has 1 amide bonds. The van der Waals surface area contributed by atoms with Gasteiger partial charge in [-0.1, -0.05) is 30.3 Å². The minimum Gasteiger partial charge on any atom is -0.338 e. The second-order valence-electron chi connectivity index (χ2n) is 4.06. The average molecular weight is 204 g/mol. The fraction of sp³-hybridized carbons (Fsp3) is 0.417. The number of hydrogen-bond acceptors (Lipinski definition) is 2. The highest BCUT2D eigenvalue weighted by atomic mass is 16.2. The van der Waals surface area contributed by atoms with E-state index in [9.17, 15) is 4.79 Å². The Bertz CT molecular complexity index is 350. The van der Waals surface area contributed by atoms with Crippen molar-refractivity contribution in [1.82, 2.24) is 4.90 Å². The SMILES string of the molecule is CN1C(=O)C[C@H](CN)[C@@H]1c1ccccc1. The van der Waals surface area contributed by atoms with Gasteiger partial charge >= 0.3 is 0 Å². The zero-order chi connectivity index (χ0) is 10.8. The van der Waals surface area contributed by atoms with Gasteiger partial charge in [-0.05, 0) is 12.1 Å². The van der Waals surface area contributed by atoms with Crippen LogP contribution in [0.15, 0.2) is 30.3 Å². The summed E-state index contributed by atoms with van der Waals surface area (Å²) in [6.45, 7) is 0.565. The molecule has 2 rings (SSSR count). The fourth-order valence-corrected chi connectivity index (χ4v) is 2.31. The van der Waals surface area contributed by atoms with Crippen LogP contribution in [0.5, 0.6) is 0 Å². The van der Waals surface area contributed by atoms with Crippen LogP contribution >= 0.6 is 0 Å². The number of amides is 1. The predicted octanol–water partition coefficient (Wildman–Crippen LogP) is 1.16. The maximum Gasteiger partial charge on any atom is 0.223 e. The molecule has 1 saturated heterocycles. The van der Waals surface area contributed by atoms with Crippen molar-refractivity contribution in [2.24, 2.45) is 11.7 Å². The summed E-state index contributed by atoms with van der Waals surface area (Å²) in [5, 5.41) is 0. The molecule has 1 heterocycles. The van der Waals surface area contributed by atoms with Crippen molar-refractivity contribution in [3.05, 3.63) is 35.9 Å². The molecule has 15 heavy (non-hydrogen) atoms. The summed E-state index contributed by atoms with van der Waals surface area (Å²) in [6.07, 6.45) is 0.576. The summed E-state index contributed by atoms with van der Waals surface area (Å²) in [5.41, 5.74) is 6.89. The summed E-state index contributed by atoms with van der Waals surface area (Å²) >= 11 is 0. The minimum atomic E-state index is 0.156. The molecule has 1 aliphatic rings. The van der Waals surface area contributed by atoms with Crippen LogP contribution in [0.25, 0.3) is 0 Å². The van der Waals surface area contributed by atoms with Gasteiger partial charge in [-0.3, -0.25) is 4.79 Å². The lowest BCUT2D eigenvalue weighted by molar-refractivity contribution is -0.127. The van der Waals surface area contributed by atoms with E-state index in [1.807, 2.05) is 30.1 Å². The Morgan fingerprint density at radius 2 is 2.07 bits per heavy atom. The molecule has 1 aliphatic heterocycles. The molecule has 1 fully saturated rings. The zero-order valence-electron chi connectivity index (χ0n) is 8.89. The van der Waals surface area contributed by atoms with Crippen LogP contribution in [-0.2, 0) is 4.79 Å². The van der Waals surface area contributed by atoms with Crippen molar-refractivity contribution in [1.29, 1.82) is 0 Å². The summed E-state index contributed by atoms with van der Waals surface area (Å²) in [7, 11) is 1.86. The first-order valence-electron chi connectivity index (χ1n) is 5.24. The van der Waals surface area contributed by atoms with Crippen molar-refractivity contribution in [2.45, 2.75) is 12.5 Å². The highest BCUT2D eigenvalue weighted by molar-refractivity contribution is 5.79. The summed E-state index contributed by atoms with van der Waals surface area (Å²) in [4.78, 5) is 13.4. The van der Waals surface area contributed by atoms with E-state index in [4.69, 9.17) is 5.73 Å². The lowest BCUT2D eigenvalue weighted by atomic mass is 9.94. The molecule has 2 N–H and O–H groups in total. The maximum absolute atomic E-state index is 11.6. The maximum atomic E-state index is 11.6. The topological polar surface area (TPSA) is 46.3 Å². The molecule has 3 heteroatoms. The van der Waals surface area contributed by atoms with E-state index in [0.29, 0.717) is 13.0 Å². The molecule has 80 valence electrons. The molecule has 0 spiro atoms. The van der Waals surface area contributed by atoms with Gasteiger partial charge in [0.05, 0.1) is 6.04 Å². The third-order valence-corrected chi connectivity index (χ3v) is 3.14. The van der Waals surface area contributed by atoms with Gasteiger partial charge in [0.2, 0.25) is 5.91 Å². The van der Waals surface area contributed by atoms with Gasteiger partial charge in [-0.2, -0.15) is 0 Å². The van der Waals surface area contributed by atoms with Crippen LogP contribution in [0.4, 0.5) is 0 Å². The number of nitrogens with two attached hydrogens (primary N) is 1. The second kappa shape index (κ2) is 4.03. The Morgan fingerprint density at radius 1 is 1.40 bits per heavy atom. The van der Waals surface area contributed by atoms with Crippen molar-refractivity contribution < 1.29 is 4.79 Å². The van der Waals surface area contributed by atoms with Gasteiger partial charge in [0, 0.05) is 19.4 Å². The van der Waals surface area contributed by atoms with Gasteiger partial charge < -0.3 is 10.6 Å². The Hall–Kier alpha value is -1.35. The Kier molecular flexibility index (Phi) is 2.73. The molecular weight excluding hydrogens is 188 g/mol.